The average Bonchev–Trinajstić information content (AvgIpc) is 3.51. The van der Waals surface area contributed by atoms with Gasteiger partial charge >= 0.3 is 0 Å². The summed E-state index contributed by atoms with van der Waals surface area (Å²) < 4.78 is 33.0. The van der Waals surface area contributed by atoms with Crippen LogP contribution in [0.15, 0.2) is 58.1 Å². The maximum Gasteiger partial charge on any atom is 0.254 e. The number of carbonyl (C=O) groups excluding carboxylic acids is 1. The molecular formula is C23H26N2O4S3. The topological polar surface area (TPSA) is 66.9 Å². The van der Waals surface area contributed by atoms with Crippen LogP contribution in [0.4, 0.5) is 0 Å². The molecule has 0 aliphatic carbocycles. The number of thiophene rings is 2. The number of amides is 1. The Balaban J connectivity index is 1.61. The molecular weight excluding hydrogens is 464 g/mol. The van der Waals surface area contributed by atoms with Gasteiger partial charge in [0, 0.05) is 35.0 Å². The summed E-state index contributed by atoms with van der Waals surface area (Å²) in [4.78, 5) is 17.9. The van der Waals surface area contributed by atoms with Gasteiger partial charge in [-0.05, 0) is 53.9 Å². The first-order valence-corrected chi connectivity index (χ1v) is 13.7. The second-order valence-electron chi connectivity index (χ2n) is 7.63. The van der Waals surface area contributed by atoms with Gasteiger partial charge in [0.25, 0.3) is 5.91 Å². The lowest BCUT2D eigenvalue weighted by Crippen LogP contribution is -2.40. The Hall–Kier alpha value is -2.04. The van der Waals surface area contributed by atoms with E-state index in [9.17, 15) is 13.2 Å². The SMILES string of the molecule is Cc1ccc(S(=O)(=O)N2CCOCC2)cc1C(=O)N(CCc1cccs1)Cc1cccs1. The molecule has 0 radical (unpaired) electrons. The Kier molecular flexibility index (Phi) is 7.42. The van der Waals surface area contributed by atoms with Gasteiger partial charge in [0.15, 0.2) is 0 Å². The molecule has 1 saturated heterocycles. The quantitative estimate of drug-likeness (QED) is 0.478. The van der Waals surface area contributed by atoms with Gasteiger partial charge in [-0.3, -0.25) is 4.79 Å². The molecule has 0 bridgehead atoms. The Bertz CT molecular complexity index is 1140. The van der Waals surface area contributed by atoms with E-state index >= 15 is 0 Å². The van der Waals surface area contributed by atoms with E-state index in [4.69, 9.17) is 4.74 Å². The number of carbonyl (C=O) groups is 1. The van der Waals surface area contributed by atoms with Crippen molar-refractivity contribution < 1.29 is 17.9 Å². The molecule has 32 heavy (non-hydrogen) atoms. The predicted octanol–water partition coefficient (Wildman–Crippen LogP) is 4.02. The highest BCUT2D eigenvalue weighted by molar-refractivity contribution is 7.89. The Morgan fingerprint density at radius 1 is 1.06 bits per heavy atom. The number of hydrogen-bond donors (Lipinski definition) is 0. The summed E-state index contributed by atoms with van der Waals surface area (Å²) in [6, 6.07) is 12.9. The largest absolute Gasteiger partial charge is 0.379 e. The smallest absolute Gasteiger partial charge is 0.254 e. The Morgan fingerprint density at radius 3 is 2.41 bits per heavy atom. The normalized spacial score (nSPS) is 15.0. The lowest BCUT2D eigenvalue weighted by molar-refractivity contribution is 0.0729. The van der Waals surface area contributed by atoms with Gasteiger partial charge in [-0.1, -0.05) is 18.2 Å². The fourth-order valence-electron chi connectivity index (χ4n) is 3.64. The zero-order chi connectivity index (χ0) is 22.6. The van der Waals surface area contributed by atoms with Crippen molar-refractivity contribution in [1.82, 2.24) is 9.21 Å². The van der Waals surface area contributed by atoms with Crippen molar-refractivity contribution in [3.05, 3.63) is 74.1 Å². The molecule has 4 rings (SSSR count). The number of ether oxygens (including phenoxy) is 1. The van der Waals surface area contributed by atoms with Gasteiger partial charge < -0.3 is 9.64 Å². The van der Waals surface area contributed by atoms with Crippen LogP contribution in [0.3, 0.4) is 0 Å². The summed E-state index contributed by atoms with van der Waals surface area (Å²) in [6.07, 6.45) is 0.763. The monoisotopic (exact) mass is 490 g/mol. The van der Waals surface area contributed by atoms with Crippen LogP contribution in [0.25, 0.3) is 0 Å². The van der Waals surface area contributed by atoms with Crippen LogP contribution in [0.2, 0.25) is 0 Å². The molecule has 9 heteroatoms. The molecule has 1 aliphatic rings. The van der Waals surface area contributed by atoms with Crippen molar-refractivity contribution in [3.63, 3.8) is 0 Å². The zero-order valence-corrected chi connectivity index (χ0v) is 20.3. The number of hydrogen-bond acceptors (Lipinski definition) is 6. The van der Waals surface area contributed by atoms with Crippen molar-refractivity contribution in [2.45, 2.75) is 24.8 Å². The highest BCUT2D eigenvalue weighted by atomic mass is 32.2. The van der Waals surface area contributed by atoms with E-state index < -0.39 is 10.0 Å². The molecule has 1 amide bonds. The second-order valence-corrected chi connectivity index (χ2v) is 11.6. The third kappa shape index (κ3) is 5.29. The maximum absolute atomic E-state index is 13.6. The van der Waals surface area contributed by atoms with Crippen molar-refractivity contribution in [2.75, 3.05) is 32.8 Å². The molecule has 0 N–H and O–H groups in total. The van der Waals surface area contributed by atoms with E-state index in [-0.39, 0.29) is 10.8 Å². The van der Waals surface area contributed by atoms with Gasteiger partial charge in [-0.25, -0.2) is 8.42 Å². The summed E-state index contributed by atoms with van der Waals surface area (Å²) in [5, 5.41) is 4.03. The minimum Gasteiger partial charge on any atom is -0.379 e. The number of morpholine rings is 1. The first kappa shape index (κ1) is 23.1. The lowest BCUT2D eigenvalue weighted by atomic mass is 10.1. The molecule has 0 atom stereocenters. The summed E-state index contributed by atoms with van der Waals surface area (Å²) in [7, 11) is -3.67. The third-order valence-corrected chi connectivity index (χ3v) is 9.16. The number of nitrogens with zero attached hydrogens (tertiary/aromatic N) is 2. The first-order valence-electron chi connectivity index (χ1n) is 10.5. The molecule has 1 fully saturated rings. The van der Waals surface area contributed by atoms with E-state index in [0.29, 0.717) is 45.0 Å². The van der Waals surface area contributed by atoms with Crippen LogP contribution >= 0.6 is 22.7 Å². The standard InChI is InChI=1S/C23H26N2O4S3/c1-18-6-7-21(32(27,28)25-10-12-29-13-11-25)16-22(18)23(26)24(17-20-5-3-15-31-20)9-8-19-4-2-14-30-19/h2-7,14-16H,8-13,17H2,1H3. The Labute approximate surface area is 197 Å². The van der Waals surface area contributed by atoms with E-state index in [1.807, 2.05) is 40.8 Å². The van der Waals surface area contributed by atoms with Crippen molar-refractivity contribution in [2.24, 2.45) is 0 Å². The van der Waals surface area contributed by atoms with E-state index in [0.717, 1.165) is 16.9 Å². The maximum atomic E-state index is 13.6. The van der Waals surface area contributed by atoms with Crippen LogP contribution in [0.5, 0.6) is 0 Å². The molecule has 6 nitrogen and oxygen atoms in total. The fraction of sp³-hybridized carbons (Fsp3) is 0.348. The van der Waals surface area contributed by atoms with Gasteiger partial charge in [0.2, 0.25) is 10.0 Å². The third-order valence-electron chi connectivity index (χ3n) is 5.47. The van der Waals surface area contributed by atoms with Crippen LogP contribution in [-0.4, -0.2) is 56.4 Å². The molecule has 170 valence electrons. The molecule has 0 unspecified atom stereocenters. The molecule has 1 aliphatic heterocycles. The summed E-state index contributed by atoms with van der Waals surface area (Å²) in [5.74, 6) is -0.147. The van der Waals surface area contributed by atoms with Gasteiger partial charge in [0.1, 0.15) is 0 Å². The van der Waals surface area contributed by atoms with Crippen molar-refractivity contribution >= 4 is 38.6 Å². The Morgan fingerprint density at radius 2 is 1.75 bits per heavy atom. The highest BCUT2D eigenvalue weighted by Gasteiger charge is 2.28. The molecule has 3 aromatic rings. The number of aryl methyl sites for hydroxylation is 1. The first-order chi connectivity index (χ1) is 15.4. The van der Waals surface area contributed by atoms with E-state index in [1.54, 1.807) is 34.8 Å². The number of sulfonamides is 1. The molecule has 0 saturated carbocycles. The second kappa shape index (κ2) is 10.3. The molecule has 1 aromatic carbocycles. The van der Waals surface area contributed by atoms with Crippen LogP contribution < -0.4 is 0 Å². The van der Waals surface area contributed by atoms with E-state index in [2.05, 4.69) is 6.07 Å². The minimum absolute atomic E-state index is 0.147. The predicted molar refractivity (Wildman–Crippen MR) is 128 cm³/mol. The van der Waals surface area contributed by atoms with Crippen molar-refractivity contribution in [1.29, 1.82) is 0 Å². The minimum atomic E-state index is -3.67. The van der Waals surface area contributed by atoms with Crippen LogP contribution in [-0.2, 0) is 27.7 Å². The van der Waals surface area contributed by atoms with Gasteiger partial charge in [-0.15, -0.1) is 22.7 Å². The zero-order valence-electron chi connectivity index (χ0n) is 17.9. The van der Waals surface area contributed by atoms with Gasteiger partial charge in [-0.2, -0.15) is 4.31 Å². The molecule has 2 aromatic heterocycles. The molecule has 0 spiro atoms. The fourth-order valence-corrected chi connectivity index (χ4v) is 6.49. The highest BCUT2D eigenvalue weighted by Crippen LogP contribution is 2.23. The summed E-state index contributed by atoms with van der Waals surface area (Å²) in [5.41, 5.74) is 1.20. The van der Waals surface area contributed by atoms with Crippen molar-refractivity contribution in [3.8, 4) is 0 Å². The van der Waals surface area contributed by atoms with Crippen LogP contribution in [0, 0.1) is 6.92 Å². The van der Waals surface area contributed by atoms with Gasteiger partial charge in [0.05, 0.1) is 24.7 Å². The summed E-state index contributed by atoms with van der Waals surface area (Å²) in [6.45, 7) is 4.33. The van der Waals surface area contributed by atoms with Crippen LogP contribution in [0.1, 0.15) is 25.7 Å². The summed E-state index contributed by atoms with van der Waals surface area (Å²) >= 11 is 3.29. The van der Waals surface area contributed by atoms with E-state index in [1.165, 1.54) is 15.2 Å². The number of rotatable bonds is 8. The molecule has 3 heterocycles. The average molecular weight is 491 g/mol. The number of benzene rings is 1. The lowest BCUT2D eigenvalue weighted by Gasteiger charge is -2.27.